The maximum absolute atomic E-state index is 10.8. The van der Waals surface area contributed by atoms with E-state index in [0.717, 1.165) is 24.2 Å². The van der Waals surface area contributed by atoms with Crippen LogP contribution < -0.4 is 9.67 Å². The van der Waals surface area contributed by atoms with Crippen molar-refractivity contribution in [3.05, 3.63) is 29.6 Å². The highest BCUT2D eigenvalue weighted by atomic mass is 16.4. The van der Waals surface area contributed by atoms with Crippen LogP contribution in [0.25, 0.3) is 0 Å². The van der Waals surface area contributed by atoms with Gasteiger partial charge in [0, 0.05) is 36.9 Å². The Morgan fingerprint density at radius 1 is 1.05 bits per heavy atom. The van der Waals surface area contributed by atoms with E-state index in [1.54, 1.807) is 0 Å². The number of unbranched alkanes of at least 4 members (excludes halogenated alkanes) is 7. The monoisotopic (exact) mass is 305 g/mol. The Balaban J connectivity index is 2.37. The first kappa shape index (κ1) is 18.7. The fourth-order valence-corrected chi connectivity index (χ4v) is 3.01. The number of carbonyl (C=O) groups excluding carboxylic acids is 1. The summed E-state index contributed by atoms with van der Waals surface area (Å²) < 4.78 is 2.22. The van der Waals surface area contributed by atoms with Gasteiger partial charge in [-0.2, -0.15) is 0 Å². The van der Waals surface area contributed by atoms with Gasteiger partial charge in [0.2, 0.25) is 0 Å². The third-order valence-electron chi connectivity index (χ3n) is 4.20. The maximum atomic E-state index is 10.8. The zero-order valence-electron chi connectivity index (χ0n) is 14.3. The van der Waals surface area contributed by atoms with E-state index < -0.39 is 5.97 Å². The van der Waals surface area contributed by atoms with E-state index in [2.05, 4.69) is 24.6 Å². The molecular weight excluding hydrogens is 274 g/mol. The number of nitrogens with zero attached hydrogens (tertiary/aromatic N) is 1. The molecule has 0 atom stereocenters. The zero-order valence-corrected chi connectivity index (χ0v) is 14.3. The Labute approximate surface area is 135 Å². The lowest BCUT2D eigenvalue weighted by Crippen LogP contribution is -2.40. The molecule has 0 unspecified atom stereocenters. The van der Waals surface area contributed by atoms with Gasteiger partial charge in [-0.15, -0.1) is 0 Å². The van der Waals surface area contributed by atoms with Crippen LogP contribution in [-0.2, 0) is 24.2 Å². The second-order valence-electron chi connectivity index (χ2n) is 6.05. The number of aromatic nitrogens is 1. The molecule has 0 aliphatic rings. The predicted molar refractivity (Wildman–Crippen MR) is 87.3 cm³/mol. The average molecular weight is 305 g/mol. The molecule has 1 aromatic heterocycles. The van der Waals surface area contributed by atoms with E-state index in [9.17, 15) is 9.90 Å². The molecule has 124 valence electrons. The summed E-state index contributed by atoms with van der Waals surface area (Å²) in [5.74, 6) is -1.00. The van der Waals surface area contributed by atoms with Crippen LogP contribution in [-0.4, -0.2) is 5.97 Å². The Morgan fingerprint density at radius 3 is 2.27 bits per heavy atom. The van der Waals surface area contributed by atoms with E-state index in [1.807, 2.05) is 12.1 Å². The van der Waals surface area contributed by atoms with Gasteiger partial charge in [-0.25, -0.2) is 4.57 Å². The molecule has 1 rings (SSSR count). The number of aliphatic carboxylic acids is 1. The van der Waals surface area contributed by atoms with Crippen LogP contribution in [0.4, 0.5) is 0 Å². The van der Waals surface area contributed by atoms with Crippen LogP contribution in [0.1, 0.15) is 76.5 Å². The van der Waals surface area contributed by atoms with Crippen molar-refractivity contribution >= 4 is 5.97 Å². The SMILES string of the molecule is CCCCCCCCCC[n+]1cccc(CC(=O)[O-])c1CC. The molecular formula is C19H31NO2. The molecule has 0 fully saturated rings. The van der Waals surface area contributed by atoms with Crippen molar-refractivity contribution in [2.75, 3.05) is 0 Å². The van der Waals surface area contributed by atoms with Crippen molar-refractivity contribution < 1.29 is 14.5 Å². The molecule has 0 saturated heterocycles. The second-order valence-corrected chi connectivity index (χ2v) is 6.05. The summed E-state index contributed by atoms with van der Waals surface area (Å²) in [6.07, 6.45) is 13.4. The van der Waals surface area contributed by atoms with Gasteiger partial charge >= 0.3 is 0 Å². The fraction of sp³-hybridized carbons (Fsp3) is 0.684. The number of pyridine rings is 1. The van der Waals surface area contributed by atoms with Gasteiger partial charge in [-0.05, 0) is 12.5 Å². The number of hydrogen-bond acceptors (Lipinski definition) is 2. The summed E-state index contributed by atoms with van der Waals surface area (Å²) in [7, 11) is 0. The summed E-state index contributed by atoms with van der Waals surface area (Å²) in [4.78, 5) is 10.8. The smallest absolute Gasteiger partial charge is 0.184 e. The van der Waals surface area contributed by atoms with Crippen molar-refractivity contribution in [1.29, 1.82) is 0 Å². The highest BCUT2D eigenvalue weighted by Gasteiger charge is 2.13. The van der Waals surface area contributed by atoms with Crippen LogP contribution >= 0.6 is 0 Å². The quantitative estimate of drug-likeness (QED) is 0.440. The van der Waals surface area contributed by atoms with Gasteiger partial charge in [-0.1, -0.05) is 52.4 Å². The molecule has 0 bridgehead atoms. The summed E-state index contributed by atoms with van der Waals surface area (Å²) in [6, 6.07) is 3.85. The Hall–Kier alpha value is -1.38. The van der Waals surface area contributed by atoms with Crippen LogP contribution in [0.15, 0.2) is 18.3 Å². The standard InChI is InChI=1S/C19H31NO2/c1-3-5-6-7-8-9-10-11-14-20-15-12-13-17(16-19(21)22)18(20)4-2/h12-13,15H,3-11,14,16H2,1-2H3. The molecule has 0 aliphatic carbocycles. The molecule has 3 nitrogen and oxygen atoms in total. The normalized spacial score (nSPS) is 10.8. The highest BCUT2D eigenvalue weighted by Crippen LogP contribution is 2.09. The molecule has 0 amide bonds. The predicted octanol–water partition coefficient (Wildman–Crippen LogP) is 2.97. The number of aryl methyl sites for hydroxylation is 1. The first-order valence-corrected chi connectivity index (χ1v) is 8.89. The molecule has 0 aromatic carbocycles. The van der Waals surface area contributed by atoms with Crippen molar-refractivity contribution in [2.45, 2.75) is 84.6 Å². The Bertz CT molecular complexity index is 443. The fourth-order valence-electron chi connectivity index (χ4n) is 3.01. The van der Waals surface area contributed by atoms with Crippen LogP contribution in [0.2, 0.25) is 0 Å². The lowest BCUT2D eigenvalue weighted by Gasteiger charge is -2.09. The van der Waals surface area contributed by atoms with E-state index in [-0.39, 0.29) is 6.42 Å². The number of hydrogen-bond donors (Lipinski definition) is 0. The number of rotatable bonds is 12. The first-order chi connectivity index (χ1) is 10.7. The third kappa shape index (κ3) is 7.06. The second kappa shape index (κ2) is 11.2. The molecule has 0 spiro atoms. The number of carbonyl (C=O) groups is 1. The summed E-state index contributed by atoms with van der Waals surface area (Å²) in [5.41, 5.74) is 2.03. The molecule has 3 heteroatoms. The summed E-state index contributed by atoms with van der Waals surface area (Å²) in [5, 5.41) is 10.8. The van der Waals surface area contributed by atoms with Crippen molar-refractivity contribution in [3.8, 4) is 0 Å². The lowest BCUT2D eigenvalue weighted by atomic mass is 10.1. The Morgan fingerprint density at radius 2 is 1.68 bits per heavy atom. The van der Waals surface area contributed by atoms with E-state index in [0.29, 0.717) is 0 Å². The average Bonchev–Trinajstić information content (AvgIpc) is 2.49. The summed E-state index contributed by atoms with van der Waals surface area (Å²) >= 11 is 0. The van der Waals surface area contributed by atoms with E-state index in [4.69, 9.17) is 0 Å². The zero-order chi connectivity index (χ0) is 16.2. The van der Waals surface area contributed by atoms with Crippen LogP contribution in [0.5, 0.6) is 0 Å². The summed E-state index contributed by atoms with van der Waals surface area (Å²) in [6.45, 7) is 5.31. The Kier molecular flexibility index (Phi) is 9.52. The minimum atomic E-state index is -1.00. The molecule has 0 radical (unpaired) electrons. The lowest BCUT2D eigenvalue weighted by molar-refractivity contribution is -0.704. The van der Waals surface area contributed by atoms with Gasteiger partial charge in [0.1, 0.15) is 6.54 Å². The largest absolute Gasteiger partial charge is 0.550 e. The maximum Gasteiger partial charge on any atom is 0.184 e. The third-order valence-corrected chi connectivity index (χ3v) is 4.20. The van der Waals surface area contributed by atoms with Crippen LogP contribution in [0.3, 0.4) is 0 Å². The van der Waals surface area contributed by atoms with E-state index in [1.165, 1.54) is 51.4 Å². The molecule has 0 N–H and O–H groups in total. The van der Waals surface area contributed by atoms with Gasteiger partial charge in [-0.3, -0.25) is 0 Å². The molecule has 22 heavy (non-hydrogen) atoms. The minimum absolute atomic E-state index is 0.0153. The molecule has 0 saturated carbocycles. The van der Waals surface area contributed by atoms with Gasteiger partial charge in [0.05, 0.1) is 0 Å². The topological polar surface area (TPSA) is 44.0 Å². The first-order valence-electron chi connectivity index (χ1n) is 8.89. The van der Waals surface area contributed by atoms with Gasteiger partial charge < -0.3 is 9.90 Å². The molecule has 1 heterocycles. The van der Waals surface area contributed by atoms with Crippen molar-refractivity contribution in [2.24, 2.45) is 0 Å². The number of carboxylic acid groups (broad SMARTS) is 1. The van der Waals surface area contributed by atoms with Gasteiger partial charge in [0.15, 0.2) is 11.9 Å². The van der Waals surface area contributed by atoms with Crippen molar-refractivity contribution in [3.63, 3.8) is 0 Å². The number of carboxylic acids is 1. The minimum Gasteiger partial charge on any atom is -0.550 e. The highest BCUT2D eigenvalue weighted by molar-refractivity contribution is 5.68. The molecule has 1 aromatic rings. The van der Waals surface area contributed by atoms with Crippen molar-refractivity contribution in [1.82, 2.24) is 0 Å². The van der Waals surface area contributed by atoms with Gasteiger partial charge in [0.25, 0.3) is 0 Å². The van der Waals surface area contributed by atoms with E-state index >= 15 is 0 Å². The van der Waals surface area contributed by atoms with Crippen LogP contribution in [0, 0.1) is 0 Å². The molecule has 0 aliphatic heterocycles.